The van der Waals surface area contributed by atoms with E-state index in [-0.39, 0.29) is 11.8 Å². The number of hydrazone groups is 1. The molecule has 0 saturated carbocycles. The Balaban J connectivity index is 2.09. The molecule has 0 saturated heterocycles. The molecule has 1 aromatic rings. The summed E-state index contributed by atoms with van der Waals surface area (Å²) >= 11 is 0. The summed E-state index contributed by atoms with van der Waals surface area (Å²) in [5.74, 6) is 0.0925. The van der Waals surface area contributed by atoms with Crippen LogP contribution in [0.3, 0.4) is 0 Å². The minimum absolute atomic E-state index is 0.0831. The SMILES string of the molecule is Cc1ccnc(NC(=O)C2=NN(C)C(=O)CC2)c1. The molecule has 0 radical (unpaired) electrons. The molecule has 2 heterocycles. The lowest BCUT2D eigenvalue weighted by atomic mass is 10.1. The number of carbonyl (C=O) groups is 2. The van der Waals surface area contributed by atoms with E-state index in [2.05, 4.69) is 15.4 Å². The lowest BCUT2D eigenvalue weighted by Gasteiger charge is -2.18. The lowest BCUT2D eigenvalue weighted by molar-refractivity contribution is -0.130. The molecule has 0 spiro atoms. The van der Waals surface area contributed by atoms with E-state index in [1.54, 1.807) is 19.3 Å². The molecule has 0 aromatic carbocycles. The van der Waals surface area contributed by atoms with Gasteiger partial charge in [-0.05, 0) is 24.6 Å². The number of amides is 2. The molecule has 0 aliphatic carbocycles. The van der Waals surface area contributed by atoms with E-state index >= 15 is 0 Å². The van der Waals surface area contributed by atoms with Gasteiger partial charge in [0.1, 0.15) is 11.5 Å². The standard InChI is InChI=1S/C12H14N4O2/c1-8-5-6-13-10(7-8)14-12(18)9-3-4-11(17)16(2)15-9/h5-7H,3-4H2,1-2H3,(H,13,14,18). The van der Waals surface area contributed by atoms with Crippen LogP contribution in [0.1, 0.15) is 18.4 Å². The molecular formula is C12H14N4O2. The predicted octanol–water partition coefficient (Wildman–Crippen LogP) is 0.937. The van der Waals surface area contributed by atoms with Crippen molar-refractivity contribution in [3.05, 3.63) is 23.9 Å². The Morgan fingerprint density at radius 1 is 1.44 bits per heavy atom. The van der Waals surface area contributed by atoms with Crippen molar-refractivity contribution < 1.29 is 9.59 Å². The van der Waals surface area contributed by atoms with Gasteiger partial charge in [0.2, 0.25) is 5.91 Å². The summed E-state index contributed by atoms with van der Waals surface area (Å²) in [6.45, 7) is 1.92. The highest BCUT2D eigenvalue weighted by atomic mass is 16.2. The average molecular weight is 246 g/mol. The first-order valence-electron chi connectivity index (χ1n) is 5.64. The number of aryl methyl sites for hydroxylation is 1. The van der Waals surface area contributed by atoms with E-state index in [4.69, 9.17) is 0 Å². The molecule has 0 unspecified atom stereocenters. The maximum absolute atomic E-state index is 11.9. The zero-order chi connectivity index (χ0) is 13.1. The number of nitrogens with one attached hydrogen (secondary N) is 1. The number of anilines is 1. The normalized spacial score (nSPS) is 15.3. The van der Waals surface area contributed by atoms with Gasteiger partial charge in [0.05, 0.1) is 0 Å². The Morgan fingerprint density at radius 3 is 2.89 bits per heavy atom. The minimum atomic E-state index is -0.313. The second kappa shape index (κ2) is 4.95. The van der Waals surface area contributed by atoms with Gasteiger partial charge in [-0.2, -0.15) is 5.10 Å². The number of nitrogens with zero attached hydrogens (tertiary/aromatic N) is 3. The molecule has 18 heavy (non-hydrogen) atoms. The van der Waals surface area contributed by atoms with Crippen LogP contribution in [-0.4, -0.2) is 34.6 Å². The Hall–Kier alpha value is -2.24. The average Bonchev–Trinajstić information content (AvgIpc) is 2.32. The molecule has 94 valence electrons. The predicted molar refractivity (Wildman–Crippen MR) is 67.0 cm³/mol. The van der Waals surface area contributed by atoms with Crippen LogP contribution in [0, 0.1) is 6.92 Å². The Bertz CT molecular complexity index is 525. The van der Waals surface area contributed by atoms with Crippen LogP contribution in [0.25, 0.3) is 0 Å². The molecular weight excluding hydrogens is 232 g/mol. The number of rotatable bonds is 2. The molecule has 6 heteroatoms. The molecule has 2 amide bonds. The Kier molecular flexibility index (Phi) is 3.36. The molecule has 1 aliphatic rings. The van der Waals surface area contributed by atoms with Crippen molar-refractivity contribution in [3.8, 4) is 0 Å². The molecule has 2 rings (SSSR count). The van der Waals surface area contributed by atoms with Crippen molar-refractivity contribution in [2.75, 3.05) is 12.4 Å². The molecule has 0 atom stereocenters. The van der Waals surface area contributed by atoms with Gasteiger partial charge in [0, 0.05) is 26.1 Å². The van der Waals surface area contributed by atoms with Gasteiger partial charge >= 0.3 is 0 Å². The molecule has 1 aliphatic heterocycles. The van der Waals surface area contributed by atoms with Gasteiger partial charge < -0.3 is 5.32 Å². The van der Waals surface area contributed by atoms with Crippen LogP contribution in [0.2, 0.25) is 0 Å². The van der Waals surface area contributed by atoms with E-state index in [1.807, 2.05) is 13.0 Å². The van der Waals surface area contributed by atoms with Crippen molar-refractivity contribution in [2.45, 2.75) is 19.8 Å². The largest absolute Gasteiger partial charge is 0.305 e. The van der Waals surface area contributed by atoms with Crippen molar-refractivity contribution in [1.29, 1.82) is 0 Å². The fourth-order valence-electron chi connectivity index (χ4n) is 1.63. The third kappa shape index (κ3) is 2.71. The fraction of sp³-hybridized carbons (Fsp3) is 0.333. The first-order valence-corrected chi connectivity index (χ1v) is 5.64. The van der Waals surface area contributed by atoms with E-state index in [0.29, 0.717) is 24.4 Å². The highest BCUT2D eigenvalue weighted by Gasteiger charge is 2.22. The number of aromatic nitrogens is 1. The van der Waals surface area contributed by atoms with E-state index in [9.17, 15) is 9.59 Å². The maximum atomic E-state index is 11.9. The minimum Gasteiger partial charge on any atom is -0.305 e. The summed E-state index contributed by atoms with van der Waals surface area (Å²) in [4.78, 5) is 27.2. The van der Waals surface area contributed by atoms with E-state index in [0.717, 1.165) is 5.56 Å². The summed E-state index contributed by atoms with van der Waals surface area (Å²) in [5.41, 5.74) is 1.36. The van der Waals surface area contributed by atoms with Gasteiger partial charge in [-0.1, -0.05) is 0 Å². The molecule has 0 bridgehead atoms. The van der Waals surface area contributed by atoms with Crippen LogP contribution in [0.15, 0.2) is 23.4 Å². The van der Waals surface area contributed by atoms with E-state index in [1.165, 1.54) is 5.01 Å². The highest BCUT2D eigenvalue weighted by Crippen LogP contribution is 2.10. The number of pyridine rings is 1. The first-order chi connectivity index (χ1) is 8.56. The summed E-state index contributed by atoms with van der Waals surface area (Å²) in [5, 5.41) is 7.81. The second-order valence-electron chi connectivity index (χ2n) is 4.14. The van der Waals surface area contributed by atoms with Crippen molar-refractivity contribution in [2.24, 2.45) is 5.10 Å². The zero-order valence-electron chi connectivity index (χ0n) is 10.3. The maximum Gasteiger partial charge on any atom is 0.273 e. The van der Waals surface area contributed by atoms with Crippen LogP contribution >= 0.6 is 0 Å². The van der Waals surface area contributed by atoms with Crippen LogP contribution in [-0.2, 0) is 9.59 Å². The monoisotopic (exact) mass is 246 g/mol. The lowest BCUT2D eigenvalue weighted by Crippen LogP contribution is -2.34. The first kappa shape index (κ1) is 12.2. The van der Waals surface area contributed by atoms with Crippen LogP contribution in [0.4, 0.5) is 5.82 Å². The summed E-state index contributed by atoms with van der Waals surface area (Å²) < 4.78 is 0. The van der Waals surface area contributed by atoms with Crippen LogP contribution in [0.5, 0.6) is 0 Å². The molecule has 1 aromatic heterocycles. The van der Waals surface area contributed by atoms with Crippen LogP contribution < -0.4 is 5.32 Å². The smallest absolute Gasteiger partial charge is 0.273 e. The summed E-state index contributed by atoms with van der Waals surface area (Å²) in [6.07, 6.45) is 2.30. The molecule has 1 N–H and O–H groups in total. The highest BCUT2D eigenvalue weighted by molar-refractivity contribution is 6.43. The van der Waals surface area contributed by atoms with Gasteiger partial charge in [-0.3, -0.25) is 9.59 Å². The van der Waals surface area contributed by atoms with Gasteiger partial charge in [0.15, 0.2) is 0 Å². The molecule has 6 nitrogen and oxygen atoms in total. The van der Waals surface area contributed by atoms with Gasteiger partial charge in [0.25, 0.3) is 5.91 Å². The second-order valence-corrected chi connectivity index (χ2v) is 4.14. The Morgan fingerprint density at radius 2 is 2.22 bits per heavy atom. The third-order valence-electron chi connectivity index (χ3n) is 2.63. The van der Waals surface area contributed by atoms with E-state index < -0.39 is 0 Å². The zero-order valence-corrected chi connectivity index (χ0v) is 10.3. The third-order valence-corrected chi connectivity index (χ3v) is 2.63. The van der Waals surface area contributed by atoms with Crippen molar-refractivity contribution in [1.82, 2.24) is 9.99 Å². The summed E-state index contributed by atoms with van der Waals surface area (Å²) in [6, 6.07) is 3.62. The van der Waals surface area contributed by atoms with Gasteiger partial charge in [-0.25, -0.2) is 9.99 Å². The summed E-state index contributed by atoms with van der Waals surface area (Å²) in [7, 11) is 1.54. The van der Waals surface area contributed by atoms with Gasteiger partial charge in [-0.15, -0.1) is 0 Å². The topological polar surface area (TPSA) is 74.7 Å². The number of hydrogen-bond donors (Lipinski definition) is 1. The number of carbonyl (C=O) groups excluding carboxylic acids is 2. The fourth-order valence-corrected chi connectivity index (χ4v) is 1.63. The van der Waals surface area contributed by atoms with Crippen molar-refractivity contribution in [3.63, 3.8) is 0 Å². The number of hydrogen-bond acceptors (Lipinski definition) is 4. The molecule has 0 fully saturated rings. The quantitative estimate of drug-likeness (QED) is 0.843. The van der Waals surface area contributed by atoms with Crippen molar-refractivity contribution >= 4 is 23.3 Å². The Labute approximate surface area is 105 Å².